The van der Waals surface area contributed by atoms with E-state index < -0.39 is 75.1 Å². The summed E-state index contributed by atoms with van der Waals surface area (Å²) in [6.07, 6.45) is -2.54. The predicted molar refractivity (Wildman–Crippen MR) is 142 cm³/mol. The number of carboxylic acids is 1. The van der Waals surface area contributed by atoms with Crippen LogP contribution in [0.5, 0.6) is 0 Å². The molecule has 0 aliphatic rings. The number of nitrogens with two attached hydrogens (primary N) is 1. The lowest BCUT2D eigenvalue weighted by Crippen LogP contribution is -2.55. The van der Waals surface area contributed by atoms with E-state index in [1.807, 2.05) is 42.5 Å². The van der Waals surface area contributed by atoms with Crippen LogP contribution in [0.25, 0.3) is 11.1 Å². The molecule has 0 fully saturated rings. The van der Waals surface area contributed by atoms with Crippen molar-refractivity contribution in [2.75, 3.05) is 13.3 Å². The first-order chi connectivity index (χ1) is 18.4. The minimum atomic E-state index is -2.33. The summed E-state index contributed by atoms with van der Waals surface area (Å²) in [5.74, 6) is -3.25. The number of nitrogens with one attached hydrogen (secondary N) is 1. The fraction of sp³-hybridized carbons (Fsp3) is 0.407. The zero-order chi connectivity index (χ0) is 29.1. The summed E-state index contributed by atoms with van der Waals surface area (Å²) >= 11 is 0. The molecule has 0 spiro atoms. The van der Waals surface area contributed by atoms with E-state index in [2.05, 4.69) is 5.32 Å². The average molecular weight is 561 g/mol. The molecule has 0 heterocycles. The van der Waals surface area contributed by atoms with Crippen LogP contribution in [-0.4, -0.2) is 52.8 Å². The minimum absolute atomic E-state index is 0.202. The number of ether oxygens (including phenoxy) is 2. The molecule has 0 saturated heterocycles. The maximum Gasteiger partial charge on any atom is 0.410 e. The fourth-order valence-corrected chi connectivity index (χ4v) is 4.70. The summed E-state index contributed by atoms with van der Waals surface area (Å²) in [5, 5.41) is 20.7. The van der Waals surface area contributed by atoms with Gasteiger partial charge in [0.2, 0.25) is 12.7 Å². The third-order valence-corrected chi connectivity index (χ3v) is 7.28. The van der Waals surface area contributed by atoms with Gasteiger partial charge in [0.1, 0.15) is 0 Å². The molecular formula is C27H33N2O9P. The Balaban J connectivity index is 2.22. The van der Waals surface area contributed by atoms with Crippen LogP contribution in [0.3, 0.4) is 0 Å². The van der Waals surface area contributed by atoms with Gasteiger partial charge in [-0.15, -0.1) is 0 Å². The first-order valence-electron chi connectivity index (χ1n) is 12.2. The van der Waals surface area contributed by atoms with Gasteiger partial charge in [-0.2, -0.15) is 0 Å². The van der Waals surface area contributed by atoms with Crippen LogP contribution in [0.1, 0.15) is 38.7 Å². The summed E-state index contributed by atoms with van der Waals surface area (Å²) < 4.78 is 21.8. The molecule has 0 aromatic heterocycles. The van der Waals surface area contributed by atoms with Crippen molar-refractivity contribution in [1.82, 2.24) is 5.32 Å². The number of carbonyl (C=O) groups excluding carboxylic acids is 3. The number of rotatable bonds is 15. The number of carboxylic acid groups (broad SMARTS) is 1. The second-order valence-electron chi connectivity index (χ2n) is 9.33. The number of alkyl carbamates (subject to hydrolysis) is 1. The number of hydrogen-bond acceptors (Lipinski definition) is 8. The van der Waals surface area contributed by atoms with E-state index >= 15 is 0 Å². The van der Waals surface area contributed by atoms with Gasteiger partial charge in [-0.25, -0.2) is 4.79 Å². The van der Waals surface area contributed by atoms with Crippen molar-refractivity contribution in [2.45, 2.75) is 44.9 Å². The molecule has 39 heavy (non-hydrogen) atoms. The van der Waals surface area contributed by atoms with Crippen LogP contribution in [-0.2, 0) is 34.8 Å². The van der Waals surface area contributed by atoms with Crippen molar-refractivity contribution in [2.24, 2.45) is 17.1 Å². The molecule has 2 amide bonds. The molecule has 2 atom stereocenters. The van der Waals surface area contributed by atoms with Crippen molar-refractivity contribution < 1.29 is 43.4 Å². The Morgan fingerprint density at radius 2 is 1.59 bits per heavy atom. The minimum Gasteiger partial charge on any atom is -0.481 e. The quantitative estimate of drug-likeness (QED) is 0.144. The lowest BCUT2D eigenvalue weighted by molar-refractivity contribution is -0.155. The first kappa shape index (κ1) is 31.4. The summed E-state index contributed by atoms with van der Waals surface area (Å²) in [5.41, 5.74) is 6.20. The highest BCUT2D eigenvalue weighted by molar-refractivity contribution is 7.25. The topological polar surface area (TPSA) is 182 Å². The molecule has 210 valence electrons. The van der Waals surface area contributed by atoms with Gasteiger partial charge in [0, 0.05) is 19.4 Å². The monoisotopic (exact) mass is 560 g/mol. The van der Waals surface area contributed by atoms with E-state index in [1.54, 1.807) is 26.0 Å². The van der Waals surface area contributed by atoms with Crippen molar-refractivity contribution >= 4 is 32.4 Å². The van der Waals surface area contributed by atoms with Gasteiger partial charge in [0.05, 0.1) is 11.3 Å². The standard InChI is InChI=1S/C27H33N2O9P/c1-18(2)23(32)37-17-38-25(34)29-15-14-27(35,39-36)26(24(28)33,13-12-22(30)31)16-19-8-10-21(11-9-19)20-6-4-3-5-7-20/h3-11,18,35H,12-17H2,1-2H3,(H2,28,33)(H,29,34)(H,30,31). The van der Waals surface area contributed by atoms with Gasteiger partial charge in [-0.3, -0.25) is 18.9 Å². The summed E-state index contributed by atoms with van der Waals surface area (Å²) in [4.78, 5) is 47.7. The van der Waals surface area contributed by atoms with Crippen LogP contribution in [0, 0.1) is 11.3 Å². The van der Waals surface area contributed by atoms with Crippen LogP contribution < -0.4 is 11.1 Å². The molecule has 11 nitrogen and oxygen atoms in total. The maximum atomic E-state index is 12.9. The molecule has 0 aliphatic carbocycles. The molecule has 2 unspecified atom stereocenters. The number of esters is 1. The third-order valence-electron chi connectivity index (χ3n) is 6.33. The lowest BCUT2D eigenvalue weighted by atomic mass is 9.70. The van der Waals surface area contributed by atoms with Crippen LogP contribution in [0.4, 0.5) is 4.79 Å². The fourth-order valence-electron chi connectivity index (χ4n) is 4.02. The highest BCUT2D eigenvalue weighted by Gasteiger charge is 2.55. The number of amides is 2. The average Bonchev–Trinajstić information content (AvgIpc) is 2.91. The van der Waals surface area contributed by atoms with Crippen molar-refractivity contribution in [1.29, 1.82) is 0 Å². The smallest absolute Gasteiger partial charge is 0.410 e. The molecule has 0 saturated carbocycles. The SMILES string of the molecule is CC(C)C(=O)OCOC(=O)NCCC(O)(P=O)C(CCC(=O)O)(Cc1ccc(-c2ccccc2)cc1)C(N)=O. The molecule has 0 aliphatic heterocycles. The van der Waals surface area contributed by atoms with Crippen molar-refractivity contribution in [3.05, 3.63) is 60.2 Å². The normalized spacial score (nSPS) is 14.2. The van der Waals surface area contributed by atoms with E-state index in [9.17, 15) is 34.0 Å². The molecular weight excluding hydrogens is 527 g/mol. The van der Waals surface area contributed by atoms with Crippen molar-refractivity contribution in [3.63, 3.8) is 0 Å². The van der Waals surface area contributed by atoms with Gasteiger partial charge in [-0.05, 0) is 29.5 Å². The Morgan fingerprint density at radius 3 is 2.13 bits per heavy atom. The molecule has 5 N–H and O–H groups in total. The van der Waals surface area contributed by atoms with Gasteiger partial charge in [0.25, 0.3) is 0 Å². The van der Waals surface area contributed by atoms with Crippen LogP contribution >= 0.6 is 8.46 Å². The van der Waals surface area contributed by atoms with E-state index in [-0.39, 0.29) is 13.0 Å². The summed E-state index contributed by atoms with van der Waals surface area (Å²) in [6.45, 7) is 2.28. The van der Waals surface area contributed by atoms with Crippen LogP contribution in [0.15, 0.2) is 54.6 Å². The second-order valence-corrected chi connectivity index (χ2v) is 10.3. The van der Waals surface area contributed by atoms with Crippen molar-refractivity contribution in [3.8, 4) is 11.1 Å². The summed E-state index contributed by atoms with van der Waals surface area (Å²) in [7, 11) is -0.885. The number of carbonyl (C=O) groups is 4. The van der Waals surface area contributed by atoms with Gasteiger partial charge in [0.15, 0.2) is 13.8 Å². The third kappa shape index (κ3) is 8.59. The molecule has 12 heteroatoms. The zero-order valence-corrected chi connectivity index (χ0v) is 22.7. The number of aliphatic carboxylic acids is 1. The Hall–Kier alpha value is -3.82. The van der Waals surface area contributed by atoms with E-state index in [1.165, 1.54) is 0 Å². The highest BCUT2D eigenvalue weighted by Crippen LogP contribution is 2.48. The van der Waals surface area contributed by atoms with Crippen LogP contribution in [0.2, 0.25) is 0 Å². The van der Waals surface area contributed by atoms with Gasteiger partial charge < -0.3 is 30.7 Å². The Bertz CT molecular complexity index is 1160. The van der Waals surface area contributed by atoms with E-state index in [0.29, 0.717) is 5.56 Å². The predicted octanol–water partition coefficient (Wildman–Crippen LogP) is 3.49. The molecule has 0 bridgehead atoms. The molecule has 2 rings (SSSR count). The van der Waals surface area contributed by atoms with E-state index in [4.69, 9.17) is 15.2 Å². The Kier molecular flexibility index (Phi) is 11.6. The lowest BCUT2D eigenvalue weighted by Gasteiger charge is -2.41. The number of primary amides is 1. The number of benzene rings is 2. The Morgan fingerprint density at radius 1 is 0.974 bits per heavy atom. The molecule has 2 aromatic carbocycles. The second kappa shape index (κ2) is 14.4. The molecule has 0 radical (unpaired) electrons. The molecule has 2 aromatic rings. The first-order valence-corrected chi connectivity index (χ1v) is 13.1. The van der Waals surface area contributed by atoms with Gasteiger partial charge >= 0.3 is 18.0 Å². The van der Waals surface area contributed by atoms with Gasteiger partial charge in [-0.1, -0.05) is 68.4 Å². The Labute approximate surface area is 227 Å². The van der Waals surface area contributed by atoms with E-state index in [0.717, 1.165) is 11.1 Å². The maximum absolute atomic E-state index is 12.9. The zero-order valence-electron chi connectivity index (χ0n) is 21.8. The number of hydrogen-bond donors (Lipinski definition) is 4. The summed E-state index contributed by atoms with van der Waals surface area (Å²) in [6, 6.07) is 16.6. The number of aliphatic hydroxyl groups is 1. The largest absolute Gasteiger partial charge is 0.481 e. The highest BCUT2D eigenvalue weighted by atomic mass is 31.1.